The van der Waals surface area contributed by atoms with Gasteiger partial charge in [0.05, 0.1) is 51.2 Å². The second-order valence-corrected chi connectivity index (χ2v) is 9.72. The van der Waals surface area contributed by atoms with E-state index in [0.29, 0.717) is 32.7 Å². The first-order valence-electron chi connectivity index (χ1n) is 12.9. The largest absolute Gasteiger partial charge is 0.389 e. The third-order valence-electron chi connectivity index (χ3n) is 7.11. The third kappa shape index (κ3) is 8.00. The second kappa shape index (κ2) is 13.5. The first kappa shape index (κ1) is 25.5. The fourth-order valence-corrected chi connectivity index (χ4v) is 5.25. The van der Waals surface area contributed by atoms with E-state index >= 15 is 0 Å². The van der Waals surface area contributed by atoms with Gasteiger partial charge >= 0.3 is 0 Å². The first-order chi connectivity index (χ1) is 16.7. The number of aliphatic hydroxyl groups excluding tert-OH is 1. The van der Waals surface area contributed by atoms with Gasteiger partial charge in [0, 0.05) is 38.8 Å². The van der Waals surface area contributed by atoms with E-state index < -0.39 is 6.10 Å². The Kier molecular flexibility index (Phi) is 10.2. The molecule has 1 aromatic carbocycles. The molecule has 8 heteroatoms. The summed E-state index contributed by atoms with van der Waals surface area (Å²) in [5, 5.41) is 13.4. The van der Waals surface area contributed by atoms with Gasteiger partial charge in [0.1, 0.15) is 0 Å². The molecule has 0 radical (unpaired) electrons. The van der Waals surface area contributed by atoms with E-state index in [0.717, 1.165) is 65.1 Å². The Morgan fingerprint density at radius 2 is 1.88 bits per heavy atom. The SMILES string of the molecule is O=C(C[C@H]1CC[C@H]2[C@@H](COC[C@H](O)CN2CCc2ccccc2)O1)NCCCN1CCOCC1. The standard InChI is InChI=1S/C26H41N3O5/c30-22-18-29(12-9-21-5-2-1-3-6-21)24-8-7-23(34-25(24)20-33-19-22)17-26(31)27-10-4-11-28-13-15-32-16-14-28/h1-3,5-6,22-25,30H,4,7-20H2,(H,27,31)/t22-,23-,24+,25-/m1/s1. The summed E-state index contributed by atoms with van der Waals surface area (Å²) in [6.45, 7) is 7.51. The highest BCUT2D eigenvalue weighted by molar-refractivity contribution is 5.76. The number of hydrogen-bond donors (Lipinski definition) is 2. The van der Waals surface area contributed by atoms with Gasteiger partial charge < -0.3 is 24.6 Å². The summed E-state index contributed by atoms with van der Waals surface area (Å²) in [5.74, 6) is 0.0635. The van der Waals surface area contributed by atoms with Crippen LogP contribution >= 0.6 is 0 Å². The molecule has 0 saturated carbocycles. The smallest absolute Gasteiger partial charge is 0.222 e. The van der Waals surface area contributed by atoms with Crippen molar-refractivity contribution < 1.29 is 24.1 Å². The summed E-state index contributed by atoms with van der Waals surface area (Å²) in [7, 11) is 0. The van der Waals surface area contributed by atoms with E-state index in [4.69, 9.17) is 14.2 Å². The number of nitrogens with one attached hydrogen (secondary N) is 1. The highest BCUT2D eigenvalue weighted by Crippen LogP contribution is 2.28. The zero-order valence-electron chi connectivity index (χ0n) is 20.3. The molecule has 0 spiro atoms. The summed E-state index contributed by atoms with van der Waals surface area (Å²) in [6, 6.07) is 10.7. The maximum absolute atomic E-state index is 12.5. The molecule has 4 atom stereocenters. The van der Waals surface area contributed by atoms with Crippen LogP contribution in [0.4, 0.5) is 0 Å². The van der Waals surface area contributed by atoms with Crippen molar-refractivity contribution in [3.63, 3.8) is 0 Å². The number of β-amino-alcohol motifs (C(OH)–C–C–N with tert-alkyl or cyclic N) is 1. The molecule has 0 aromatic heterocycles. The van der Waals surface area contributed by atoms with Crippen molar-refractivity contribution in [2.24, 2.45) is 0 Å². The second-order valence-electron chi connectivity index (χ2n) is 9.72. The molecule has 190 valence electrons. The maximum atomic E-state index is 12.5. The topological polar surface area (TPSA) is 83.5 Å². The first-order valence-corrected chi connectivity index (χ1v) is 12.9. The zero-order chi connectivity index (χ0) is 23.6. The minimum atomic E-state index is -0.488. The number of carbonyl (C=O) groups is 1. The van der Waals surface area contributed by atoms with Gasteiger partial charge in [-0.05, 0) is 37.8 Å². The van der Waals surface area contributed by atoms with Gasteiger partial charge in [-0.2, -0.15) is 0 Å². The van der Waals surface area contributed by atoms with Crippen LogP contribution in [0.15, 0.2) is 30.3 Å². The van der Waals surface area contributed by atoms with Crippen molar-refractivity contribution in [2.75, 3.05) is 65.7 Å². The molecule has 3 heterocycles. The van der Waals surface area contributed by atoms with Gasteiger partial charge in [-0.1, -0.05) is 30.3 Å². The summed E-state index contributed by atoms with van der Waals surface area (Å²) < 4.78 is 17.5. The van der Waals surface area contributed by atoms with Crippen LogP contribution in [0, 0.1) is 0 Å². The molecule has 2 N–H and O–H groups in total. The van der Waals surface area contributed by atoms with E-state index in [9.17, 15) is 9.90 Å². The molecule has 0 bridgehead atoms. The lowest BCUT2D eigenvalue weighted by Gasteiger charge is -2.44. The van der Waals surface area contributed by atoms with Crippen LogP contribution in [0.1, 0.15) is 31.2 Å². The van der Waals surface area contributed by atoms with Crippen LogP contribution in [0.3, 0.4) is 0 Å². The molecular weight excluding hydrogens is 434 g/mol. The number of carbonyl (C=O) groups excluding carboxylic acids is 1. The Labute approximate surface area is 203 Å². The predicted octanol–water partition coefficient (Wildman–Crippen LogP) is 1.07. The normalized spacial score (nSPS) is 29.1. The van der Waals surface area contributed by atoms with Gasteiger partial charge in [0.25, 0.3) is 0 Å². The molecule has 0 aliphatic carbocycles. The Bertz CT molecular complexity index is 730. The molecular formula is C26H41N3O5. The van der Waals surface area contributed by atoms with E-state index in [-0.39, 0.29) is 24.2 Å². The minimum absolute atomic E-state index is 0.0635. The number of amides is 1. The predicted molar refractivity (Wildman–Crippen MR) is 130 cm³/mol. The minimum Gasteiger partial charge on any atom is -0.389 e. The number of benzene rings is 1. The molecule has 8 nitrogen and oxygen atoms in total. The molecule has 1 aromatic rings. The highest BCUT2D eigenvalue weighted by atomic mass is 16.5. The Morgan fingerprint density at radius 3 is 2.71 bits per heavy atom. The van der Waals surface area contributed by atoms with Crippen LogP contribution in [-0.4, -0.2) is 111 Å². The molecule has 4 rings (SSSR count). The Morgan fingerprint density at radius 1 is 1.06 bits per heavy atom. The highest BCUT2D eigenvalue weighted by Gasteiger charge is 2.37. The molecule has 3 aliphatic heterocycles. The van der Waals surface area contributed by atoms with E-state index in [1.807, 2.05) is 6.07 Å². The maximum Gasteiger partial charge on any atom is 0.222 e. The van der Waals surface area contributed by atoms with Crippen molar-refractivity contribution in [3.05, 3.63) is 35.9 Å². The molecule has 1 amide bonds. The van der Waals surface area contributed by atoms with Crippen LogP contribution in [0.5, 0.6) is 0 Å². The van der Waals surface area contributed by atoms with Crippen LogP contribution in [0.25, 0.3) is 0 Å². The average Bonchev–Trinajstić information content (AvgIpc) is 2.85. The zero-order valence-corrected chi connectivity index (χ0v) is 20.3. The van der Waals surface area contributed by atoms with Crippen molar-refractivity contribution >= 4 is 5.91 Å². The lowest BCUT2D eigenvalue weighted by Crippen LogP contribution is -2.56. The van der Waals surface area contributed by atoms with E-state index in [1.54, 1.807) is 0 Å². The molecule has 3 saturated heterocycles. The molecule has 3 fully saturated rings. The number of hydrogen-bond acceptors (Lipinski definition) is 7. The van der Waals surface area contributed by atoms with Crippen molar-refractivity contribution in [3.8, 4) is 0 Å². The van der Waals surface area contributed by atoms with Crippen molar-refractivity contribution in [2.45, 2.75) is 56.5 Å². The fraction of sp³-hybridized carbons (Fsp3) is 0.731. The lowest BCUT2D eigenvalue weighted by molar-refractivity contribution is -0.156. The number of morpholine rings is 1. The van der Waals surface area contributed by atoms with Gasteiger partial charge in [0.15, 0.2) is 0 Å². The monoisotopic (exact) mass is 475 g/mol. The average molecular weight is 476 g/mol. The number of rotatable bonds is 9. The third-order valence-corrected chi connectivity index (χ3v) is 7.11. The van der Waals surface area contributed by atoms with Crippen molar-refractivity contribution in [1.29, 1.82) is 0 Å². The number of fused-ring (bicyclic) bond motifs is 1. The summed E-state index contributed by atoms with van der Waals surface area (Å²) >= 11 is 0. The van der Waals surface area contributed by atoms with E-state index in [1.165, 1.54) is 5.56 Å². The number of aliphatic hydroxyl groups is 1. The Hall–Kier alpha value is -1.55. The van der Waals surface area contributed by atoms with Crippen LogP contribution < -0.4 is 5.32 Å². The van der Waals surface area contributed by atoms with E-state index in [2.05, 4.69) is 39.4 Å². The van der Waals surface area contributed by atoms with Gasteiger partial charge in [-0.3, -0.25) is 14.6 Å². The van der Waals surface area contributed by atoms with Crippen LogP contribution in [0.2, 0.25) is 0 Å². The fourth-order valence-electron chi connectivity index (χ4n) is 5.25. The van der Waals surface area contributed by atoms with Gasteiger partial charge in [0.2, 0.25) is 5.91 Å². The van der Waals surface area contributed by atoms with Crippen molar-refractivity contribution in [1.82, 2.24) is 15.1 Å². The number of nitrogens with zero attached hydrogens (tertiary/aromatic N) is 2. The number of ether oxygens (including phenoxy) is 3. The van der Waals surface area contributed by atoms with Crippen LogP contribution in [-0.2, 0) is 25.4 Å². The van der Waals surface area contributed by atoms with Gasteiger partial charge in [-0.15, -0.1) is 0 Å². The Balaban J connectivity index is 1.22. The quantitative estimate of drug-likeness (QED) is 0.517. The summed E-state index contributed by atoms with van der Waals surface area (Å²) in [5.41, 5.74) is 1.30. The molecule has 0 unspecified atom stereocenters. The molecule has 3 aliphatic rings. The van der Waals surface area contributed by atoms with Gasteiger partial charge in [-0.25, -0.2) is 0 Å². The lowest BCUT2D eigenvalue weighted by atomic mass is 9.94. The summed E-state index contributed by atoms with van der Waals surface area (Å²) in [4.78, 5) is 17.3. The molecule has 34 heavy (non-hydrogen) atoms. The summed E-state index contributed by atoms with van der Waals surface area (Å²) in [6.07, 6.45) is 3.44.